The lowest BCUT2D eigenvalue weighted by molar-refractivity contribution is -0.147. The van der Waals surface area contributed by atoms with Crippen LogP contribution < -0.4 is 5.32 Å². The van der Waals surface area contributed by atoms with Gasteiger partial charge in [-0.25, -0.2) is 0 Å². The predicted octanol–water partition coefficient (Wildman–Crippen LogP) is 2.80. The zero-order valence-electron chi connectivity index (χ0n) is 10.9. The van der Waals surface area contributed by atoms with Crippen molar-refractivity contribution in [2.45, 2.75) is 63.8 Å². The summed E-state index contributed by atoms with van der Waals surface area (Å²) < 4.78 is 0. The first-order valence-corrected chi connectivity index (χ1v) is 7.14. The van der Waals surface area contributed by atoms with Gasteiger partial charge in [0.1, 0.15) is 5.54 Å². The van der Waals surface area contributed by atoms with Crippen molar-refractivity contribution in [3.05, 3.63) is 0 Å². The number of hydrogen-bond donors (Lipinski definition) is 2. The average Bonchev–Trinajstić information content (AvgIpc) is 3.12. The molecule has 98 valence electrons. The second kappa shape index (κ2) is 5.38. The molecule has 0 heterocycles. The van der Waals surface area contributed by atoms with Gasteiger partial charge in [-0.2, -0.15) is 0 Å². The Morgan fingerprint density at radius 3 is 2.35 bits per heavy atom. The molecule has 3 heteroatoms. The third-order valence-electron chi connectivity index (χ3n) is 4.49. The van der Waals surface area contributed by atoms with Crippen LogP contribution in [0, 0.1) is 11.8 Å². The second-order valence-electron chi connectivity index (χ2n) is 5.94. The average molecular weight is 239 g/mol. The zero-order valence-corrected chi connectivity index (χ0v) is 10.9. The van der Waals surface area contributed by atoms with Crippen LogP contribution in [0.15, 0.2) is 0 Å². The van der Waals surface area contributed by atoms with Gasteiger partial charge in [-0.05, 0) is 56.9 Å². The molecule has 2 aliphatic carbocycles. The predicted molar refractivity (Wildman–Crippen MR) is 68.0 cm³/mol. The van der Waals surface area contributed by atoms with Crippen molar-refractivity contribution in [2.75, 3.05) is 6.54 Å². The van der Waals surface area contributed by atoms with Gasteiger partial charge in [0.2, 0.25) is 0 Å². The summed E-state index contributed by atoms with van der Waals surface area (Å²) in [6.45, 7) is 3.12. The number of carbonyl (C=O) groups is 1. The van der Waals surface area contributed by atoms with Crippen LogP contribution in [0.1, 0.15) is 58.3 Å². The summed E-state index contributed by atoms with van der Waals surface area (Å²) in [6.07, 6.45) is 8.84. The van der Waals surface area contributed by atoms with Crippen molar-refractivity contribution in [3.63, 3.8) is 0 Å². The van der Waals surface area contributed by atoms with Gasteiger partial charge in [0.25, 0.3) is 0 Å². The minimum absolute atomic E-state index is 0.604. The van der Waals surface area contributed by atoms with E-state index in [0.717, 1.165) is 44.1 Å². The first-order chi connectivity index (χ1) is 8.16. The minimum atomic E-state index is -0.631. The van der Waals surface area contributed by atoms with Crippen LogP contribution in [0.5, 0.6) is 0 Å². The Bertz CT molecular complexity index is 265. The van der Waals surface area contributed by atoms with E-state index in [9.17, 15) is 9.90 Å². The van der Waals surface area contributed by atoms with Crippen LogP contribution in [0.3, 0.4) is 0 Å². The summed E-state index contributed by atoms with van der Waals surface area (Å²) >= 11 is 0. The number of hydrogen-bond acceptors (Lipinski definition) is 2. The van der Waals surface area contributed by atoms with Crippen molar-refractivity contribution < 1.29 is 9.90 Å². The molecule has 2 rings (SSSR count). The van der Waals surface area contributed by atoms with Gasteiger partial charge < -0.3 is 10.4 Å². The largest absolute Gasteiger partial charge is 0.480 e. The quantitative estimate of drug-likeness (QED) is 0.749. The molecule has 0 saturated heterocycles. The molecular weight excluding hydrogens is 214 g/mol. The maximum absolute atomic E-state index is 11.5. The van der Waals surface area contributed by atoms with E-state index in [0.29, 0.717) is 0 Å². The maximum atomic E-state index is 11.5. The van der Waals surface area contributed by atoms with Crippen LogP contribution in [-0.4, -0.2) is 23.2 Å². The highest BCUT2D eigenvalue weighted by molar-refractivity contribution is 5.78. The zero-order chi connectivity index (χ0) is 12.3. The lowest BCUT2D eigenvalue weighted by Crippen LogP contribution is -2.54. The summed E-state index contributed by atoms with van der Waals surface area (Å²) in [5, 5.41) is 12.8. The van der Waals surface area contributed by atoms with E-state index in [1.54, 1.807) is 0 Å². The monoisotopic (exact) mass is 239 g/mol. The van der Waals surface area contributed by atoms with Crippen LogP contribution in [0.4, 0.5) is 0 Å². The van der Waals surface area contributed by atoms with E-state index in [2.05, 4.69) is 12.2 Å². The van der Waals surface area contributed by atoms with Crippen molar-refractivity contribution >= 4 is 5.97 Å². The standard InChI is InChI=1S/C14H25NO2/c1-2-3-11-6-8-14(9-7-11,13(16)17)15-10-12-4-5-12/h11-12,15H,2-10H2,1H3,(H,16,17). The van der Waals surface area contributed by atoms with Crippen molar-refractivity contribution in [1.82, 2.24) is 5.32 Å². The molecule has 17 heavy (non-hydrogen) atoms. The van der Waals surface area contributed by atoms with Crippen LogP contribution in [0.2, 0.25) is 0 Å². The Kier molecular flexibility index (Phi) is 4.08. The van der Waals surface area contributed by atoms with Gasteiger partial charge >= 0.3 is 5.97 Å². The summed E-state index contributed by atoms with van der Waals surface area (Å²) in [5.74, 6) is 0.878. The molecule has 0 radical (unpaired) electrons. The summed E-state index contributed by atoms with van der Waals surface area (Å²) in [5.41, 5.74) is -0.604. The fourth-order valence-electron chi connectivity index (χ4n) is 3.00. The first-order valence-electron chi connectivity index (χ1n) is 7.14. The van der Waals surface area contributed by atoms with Crippen LogP contribution in [0.25, 0.3) is 0 Å². The van der Waals surface area contributed by atoms with Crippen LogP contribution >= 0.6 is 0 Å². The number of aliphatic carboxylic acids is 1. The minimum Gasteiger partial charge on any atom is -0.480 e. The Labute approximate surface area is 104 Å². The molecule has 2 aliphatic rings. The summed E-state index contributed by atoms with van der Waals surface area (Å²) in [6, 6.07) is 0. The summed E-state index contributed by atoms with van der Waals surface area (Å²) in [4.78, 5) is 11.5. The molecule has 0 unspecified atom stereocenters. The van der Waals surface area contributed by atoms with Gasteiger partial charge in [0, 0.05) is 0 Å². The Balaban J connectivity index is 1.87. The molecule has 2 N–H and O–H groups in total. The third-order valence-corrected chi connectivity index (χ3v) is 4.49. The highest BCUT2D eigenvalue weighted by atomic mass is 16.4. The number of rotatable bonds is 6. The molecule has 0 aliphatic heterocycles. The Hall–Kier alpha value is -0.570. The second-order valence-corrected chi connectivity index (χ2v) is 5.94. The van der Waals surface area contributed by atoms with E-state index >= 15 is 0 Å². The van der Waals surface area contributed by atoms with E-state index in [-0.39, 0.29) is 0 Å². The van der Waals surface area contributed by atoms with Crippen molar-refractivity contribution in [2.24, 2.45) is 11.8 Å². The number of carboxylic acids is 1. The SMILES string of the molecule is CCCC1CCC(NCC2CC2)(C(=O)O)CC1. The Morgan fingerprint density at radius 2 is 1.88 bits per heavy atom. The number of carboxylic acid groups (broad SMARTS) is 1. The van der Waals surface area contributed by atoms with E-state index in [1.807, 2.05) is 0 Å². The van der Waals surface area contributed by atoms with Crippen molar-refractivity contribution in [3.8, 4) is 0 Å². The van der Waals surface area contributed by atoms with E-state index in [1.165, 1.54) is 25.7 Å². The molecule has 0 aromatic heterocycles. The van der Waals surface area contributed by atoms with Gasteiger partial charge in [0.15, 0.2) is 0 Å². The molecule has 0 bridgehead atoms. The van der Waals surface area contributed by atoms with Crippen molar-refractivity contribution in [1.29, 1.82) is 0 Å². The van der Waals surface area contributed by atoms with Crippen LogP contribution in [-0.2, 0) is 4.79 Å². The first kappa shape index (κ1) is 12.9. The highest BCUT2D eigenvalue weighted by Crippen LogP contribution is 2.36. The number of nitrogens with one attached hydrogen (secondary N) is 1. The lowest BCUT2D eigenvalue weighted by atomic mass is 9.75. The lowest BCUT2D eigenvalue weighted by Gasteiger charge is -2.37. The fraction of sp³-hybridized carbons (Fsp3) is 0.929. The molecular formula is C14H25NO2. The third kappa shape index (κ3) is 3.21. The summed E-state index contributed by atoms with van der Waals surface area (Å²) in [7, 11) is 0. The van der Waals surface area contributed by atoms with E-state index < -0.39 is 11.5 Å². The molecule has 0 atom stereocenters. The molecule has 0 spiro atoms. The van der Waals surface area contributed by atoms with Gasteiger partial charge in [-0.3, -0.25) is 4.79 Å². The van der Waals surface area contributed by atoms with Gasteiger partial charge in [-0.15, -0.1) is 0 Å². The topological polar surface area (TPSA) is 49.3 Å². The smallest absolute Gasteiger partial charge is 0.323 e. The molecule has 3 nitrogen and oxygen atoms in total. The molecule has 0 aromatic rings. The molecule has 0 amide bonds. The fourth-order valence-corrected chi connectivity index (χ4v) is 3.00. The molecule has 2 saturated carbocycles. The van der Waals surface area contributed by atoms with E-state index in [4.69, 9.17) is 0 Å². The normalized spacial score (nSPS) is 33.6. The molecule has 0 aromatic carbocycles. The maximum Gasteiger partial charge on any atom is 0.323 e. The Morgan fingerprint density at radius 1 is 1.24 bits per heavy atom. The molecule has 2 fully saturated rings. The van der Waals surface area contributed by atoms with Gasteiger partial charge in [0.05, 0.1) is 0 Å². The van der Waals surface area contributed by atoms with Gasteiger partial charge in [-0.1, -0.05) is 19.8 Å². The highest BCUT2D eigenvalue weighted by Gasteiger charge is 2.42.